The number of aryl methyl sites for hydroxylation is 2. The fourth-order valence-corrected chi connectivity index (χ4v) is 3.76. The van der Waals surface area contributed by atoms with Crippen LogP contribution in [0, 0.1) is 13.8 Å². The molecule has 0 saturated heterocycles. The molecule has 0 bridgehead atoms. The van der Waals surface area contributed by atoms with Crippen LogP contribution in [0.25, 0.3) is 0 Å². The zero-order valence-electron chi connectivity index (χ0n) is 15.4. The van der Waals surface area contributed by atoms with E-state index in [-0.39, 0.29) is 10.3 Å². The summed E-state index contributed by atoms with van der Waals surface area (Å²) in [6.07, 6.45) is 0.637. The third-order valence-corrected chi connectivity index (χ3v) is 6.19. The molecule has 0 aliphatic carbocycles. The number of aromatic nitrogens is 2. The average Bonchev–Trinajstić information content (AvgIpc) is 2.78. The van der Waals surface area contributed by atoms with Crippen LogP contribution in [0.15, 0.2) is 29.2 Å². The van der Waals surface area contributed by atoms with Gasteiger partial charge in [0.15, 0.2) is 0 Å². The Hall–Kier alpha value is -1.37. The predicted octanol–water partition coefficient (Wildman–Crippen LogP) is 3.82. The summed E-state index contributed by atoms with van der Waals surface area (Å²) in [6, 6.07) is 7.05. The highest BCUT2D eigenvalue weighted by molar-refractivity contribution is 7.89. The smallest absolute Gasteiger partial charge is 0.240 e. The van der Waals surface area contributed by atoms with Crippen molar-refractivity contribution in [2.75, 3.05) is 6.54 Å². The van der Waals surface area contributed by atoms with Crippen molar-refractivity contribution in [3.63, 3.8) is 0 Å². The van der Waals surface area contributed by atoms with Crippen LogP contribution >= 0.6 is 11.6 Å². The molecule has 0 aliphatic heterocycles. The van der Waals surface area contributed by atoms with Gasteiger partial charge in [-0.25, -0.2) is 13.1 Å². The van der Waals surface area contributed by atoms with E-state index in [9.17, 15) is 8.42 Å². The summed E-state index contributed by atoms with van der Waals surface area (Å²) in [5.74, 6) is 0. The molecule has 1 aromatic heterocycles. The van der Waals surface area contributed by atoms with E-state index < -0.39 is 10.0 Å². The maximum Gasteiger partial charge on any atom is 0.240 e. The molecule has 5 nitrogen and oxygen atoms in total. The first kappa shape index (κ1) is 19.9. The van der Waals surface area contributed by atoms with Gasteiger partial charge >= 0.3 is 0 Å². The first-order chi connectivity index (χ1) is 11.5. The summed E-state index contributed by atoms with van der Waals surface area (Å²) in [7, 11) is -3.50. The Bertz CT molecular complexity index is 834. The molecule has 0 saturated carbocycles. The molecule has 0 radical (unpaired) electrons. The monoisotopic (exact) mass is 383 g/mol. The zero-order valence-corrected chi connectivity index (χ0v) is 17.0. The summed E-state index contributed by atoms with van der Waals surface area (Å²) in [5, 5.41) is 5.01. The third-order valence-electron chi connectivity index (χ3n) is 4.16. The summed E-state index contributed by atoms with van der Waals surface area (Å²) in [4.78, 5) is 0.287. The van der Waals surface area contributed by atoms with E-state index in [0.29, 0.717) is 24.5 Å². The molecule has 2 aromatic rings. The van der Waals surface area contributed by atoms with Gasteiger partial charge in [0, 0.05) is 13.1 Å². The van der Waals surface area contributed by atoms with Crippen molar-refractivity contribution in [1.29, 1.82) is 0 Å². The predicted molar refractivity (Wildman–Crippen MR) is 102 cm³/mol. The van der Waals surface area contributed by atoms with E-state index in [0.717, 1.165) is 17.0 Å². The summed E-state index contributed by atoms with van der Waals surface area (Å²) in [6.45, 7) is 11.0. The van der Waals surface area contributed by atoms with Crippen molar-refractivity contribution in [3.8, 4) is 0 Å². The van der Waals surface area contributed by atoms with Gasteiger partial charge in [0.05, 0.1) is 21.3 Å². The van der Waals surface area contributed by atoms with Gasteiger partial charge in [-0.2, -0.15) is 5.10 Å². The van der Waals surface area contributed by atoms with E-state index in [1.807, 2.05) is 30.7 Å². The van der Waals surface area contributed by atoms with Gasteiger partial charge in [0.2, 0.25) is 10.0 Å². The number of nitrogens with one attached hydrogen (secondary N) is 1. The van der Waals surface area contributed by atoms with Crippen LogP contribution in [0.5, 0.6) is 0 Å². The van der Waals surface area contributed by atoms with Crippen molar-refractivity contribution in [1.82, 2.24) is 14.5 Å². The number of hydrogen-bond donors (Lipinski definition) is 1. The van der Waals surface area contributed by atoms with Crippen molar-refractivity contribution in [3.05, 3.63) is 46.2 Å². The highest BCUT2D eigenvalue weighted by atomic mass is 35.5. The van der Waals surface area contributed by atoms with Crippen LogP contribution < -0.4 is 4.72 Å². The number of rotatable bonds is 6. The second-order valence-corrected chi connectivity index (χ2v) is 9.38. The molecule has 1 aromatic carbocycles. The van der Waals surface area contributed by atoms with E-state index in [1.54, 1.807) is 12.1 Å². The minimum Gasteiger partial charge on any atom is -0.268 e. The van der Waals surface area contributed by atoms with E-state index in [4.69, 9.17) is 11.6 Å². The Balaban J connectivity index is 1.94. The SMILES string of the molecule is Cc1nn(CCCNS(=O)(=O)c2ccc(C(C)(C)C)cc2)c(C)c1Cl. The number of halogens is 1. The van der Waals surface area contributed by atoms with Crippen LogP contribution in [0.1, 0.15) is 44.1 Å². The minimum absolute atomic E-state index is 0.00323. The zero-order chi connectivity index (χ0) is 18.8. The lowest BCUT2D eigenvalue weighted by Crippen LogP contribution is -2.26. The van der Waals surface area contributed by atoms with Gasteiger partial charge in [-0.05, 0) is 43.4 Å². The summed E-state index contributed by atoms with van der Waals surface area (Å²) < 4.78 is 29.2. The number of hydrogen-bond acceptors (Lipinski definition) is 3. The van der Waals surface area contributed by atoms with Gasteiger partial charge in [-0.15, -0.1) is 0 Å². The Morgan fingerprint density at radius 2 is 1.76 bits per heavy atom. The van der Waals surface area contributed by atoms with Crippen molar-refractivity contribution >= 4 is 21.6 Å². The first-order valence-electron chi connectivity index (χ1n) is 8.32. The molecule has 25 heavy (non-hydrogen) atoms. The molecule has 0 unspecified atom stereocenters. The van der Waals surface area contributed by atoms with Gasteiger partial charge in [0.25, 0.3) is 0 Å². The van der Waals surface area contributed by atoms with Gasteiger partial charge in [-0.3, -0.25) is 4.68 Å². The van der Waals surface area contributed by atoms with Gasteiger partial charge < -0.3 is 0 Å². The second-order valence-electron chi connectivity index (χ2n) is 7.23. The molecular weight excluding hydrogens is 358 g/mol. The molecule has 0 fully saturated rings. The Labute approximate surface area is 155 Å². The van der Waals surface area contributed by atoms with Crippen LogP contribution in [0.3, 0.4) is 0 Å². The van der Waals surface area contributed by atoms with Crippen LogP contribution in [-0.4, -0.2) is 24.7 Å². The third kappa shape index (κ3) is 4.84. The maximum atomic E-state index is 12.4. The van der Waals surface area contributed by atoms with E-state index >= 15 is 0 Å². The van der Waals surface area contributed by atoms with Gasteiger partial charge in [-0.1, -0.05) is 44.5 Å². The highest BCUT2D eigenvalue weighted by Gasteiger charge is 2.17. The molecule has 0 spiro atoms. The standard InChI is InChI=1S/C18H26ClN3O2S/c1-13-17(19)14(2)22(21-13)12-6-11-20-25(23,24)16-9-7-15(8-10-16)18(3,4)5/h7-10,20H,6,11-12H2,1-5H3. The van der Waals surface area contributed by atoms with Crippen molar-refractivity contribution < 1.29 is 8.42 Å². The fraction of sp³-hybridized carbons (Fsp3) is 0.500. The lowest BCUT2D eigenvalue weighted by atomic mass is 9.87. The van der Waals surface area contributed by atoms with E-state index in [1.165, 1.54) is 0 Å². The summed E-state index contributed by atoms with van der Waals surface area (Å²) in [5.41, 5.74) is 2.79. The van der Waals surface area contributed by atoms with Gasteiger partial charge in [0.1, 0.15) is 0 Å². The molecule has 1 N–H and O–H groups in total. The Morgan fingerprint density at radius 1 is 1.16 bits per heavy atom. The highest BCUT2D eigenvalue weighted by Crippen LogP contribution is 2.23. The molecule has 2 rings (SSSR count). The number of nitrogens with zero attached hydrogens (tertiary/aromatic N) is 2. The van der Waals surface area contributed by atoms with Crippen molar-refractivity contribution in [2.45, 2.75) is 57.9 Å². The summed E-state index contributed by atoms with van der Waals surface area (Å²) >= 11 is 6.11. The molecule has 0 atom stereocenters. The molecule has 138 valence electrons. The molecule has 0 aliphatic rings. The van der Waals surface area contributed by atoms with Crippen molar-refractivity contribution in [2.24, 2.45) is 0 Å². The molecule has 7 heteroatoms. The molecular formula is C18H26ClN3O2S. The molecule has 1 heterocycles. The lowest BCUT2D eigenvalue weighted by molar-refractivity contribution is 0.544. The number of sulfonamides is 1. The second kappa shape index (κ2) is 7.48. The van der Waals surface area contributed by atoms with Crippen LogP contribution in [0.2, 0.25) is 5.02 Å². The average molecular weight is 384 g/mol. The van der Waals surface area contributed by atoms with Crippen LogP contribution in [0.4, 0.5) is 0 Å². The Morgan fingerprint density at radius 3 is 2.24 bits per heavy atom. The minimum atomic E-state index is -3.50. The lowest BCUT2D eigenvalue weighted by Gasteiger charge is -2.19. The largest absolute Gasteiger partial charge is 0.268 e. The van der Waals surface area contributed by atoms with Crippen LogP contribution in [-0.2, 0) is 22.0 Å². The normalized spacial score (nSPS) is 12.6. The topological polar surface area (TPSA) is 64.0 Å². The molecule has 0 amide bonds. The maximum absolute atomic E-state index is 12.4. The van der Waals surface area contributed by atoms with E-state index in [2.05, 4.69) is 30.6 Å². The quantitative estimate of drug-likeness (QED) is 0.771. The fourth-order valence-electron chi connectivity index (χ4n) is 2.55. The first-order valence-corrected chi connectivity index (χ1v) is 10.2. The number of benzene rings is 1. The Kier molecular flexibility index (Phi) is 5.97.